The molecule has 0 spiro atoms. The van der Waals surface area contributed by atoms with Crippen LogP contribution < -0.4 is 16.2 Å². The summed E-state index contributed by atoms with van der Waals surface area (Å²) in [6.07, 6.45) is 1.11. The molecule has 1 aromatic heterocycles. The highest BCUT2D eigenvalue weighted by atomic mass is 32.1. The molecule has 0 aliphatic heterocycles. The molecule has 23 heavy (non-hydrogen) atoms. The number of carbonyl (C=O) groups is 3. The lowest BCUT2D eigenvalue weighted by molar-refractivity contribution is -0.111. The smallest absolute Gasteiger partial charge is 0.279 e. The van der Waals surface area contributed by atoms with Crippen LogP contribution in [0.15, 0.2) is 49.1 Å². The zero-order chi connectivity index (χ0) is 16.8. The Morgan fingerprint density at radius 2 is 1.74 bits per heavy atom. The van der Waals surface area contributed by atoms with Crippen molar-refractivity contribution in [2.75, 3.05) is 5.32 Å². The molecule has 0 unspecified atom stereocenters. The van der Waals surface area contributed by atoms with Gasteiger partial charge in [0.05, 0.1) is 16.1 Å². The van der Waals surface area contributed by atoms with E-state index in [1.54, 1.807) is 24.3 Å². The predicted molar refractivity (Wildman–Crippen MR) is 89.3 cm³/mol. The quantitative estimate of drug-likeness (QED) is 0.594. The van der Waals surface area contributed by atoms with Gasteiger partial charge in [0.15, 0.2) is 0 Å². The summed E-state index contributed by atoms with van der Waals surface area (Å²) in [6.45, 7) is 5.25. The van der Waals surface area contributed by atoms with Crippen LogP contribution in [0.4, 0.5) is 5.69 Å². The summed E-state index contributed by atoms with van der Waals surface area (Å²) in [7, 11) is 0. The maximum Gasteiger partial charge on any atom is 0.279 e. The number of nitrogens with one attached hydrogen (secondary N) is 3. The van der Waals surface area contributed by atoms with Gasteiger partial charge < -0.3 is 5.32 Å². The van der Waals surface area contributed by atoms with E-state index in [9.17, 15) is 14.4 Å². The monoisotopic (exact) mass is 329 g/mol. The molecule has 0 fully saturated rings. The van der Waals surface area contributed by atoms with Gasteiger partial charge in [-0.1, -0.05) is 18.7 Å². The molecule has 2 rings (SSSR count). The van der Waals surface area contributed by atoms with E-state index in [0.29, 0.717) is 10.6 Å². The Balaban J connectivity index is 2.04. The van der Waals surface area contributed by atoms with Crippen LogP contribution in [-0.2, 0) is 4.79 Å². The van der Waals surface area contributed by atoms with Crippen LogP contribution in [0.25, 0.3) is 0 Å². The number of carbonyl (C=O) groups excluding carboxylic acids is 3. The molecule has 3 amide bonds. The summed E-state index contributed by atoms with van der Waals surface area (Å²) in [5.41, 5.74) is 5.23. The highest BCUT2D eigenvalue weighted by Gasteiger charge is 2.14. The maximum atomic E-state index is 12.2. The molecular weight excluding hydrogens is 314 g/mol. The van der Waals surface area contributed by atoms with E-state index in [1.165, 1.54) is 17.4 Å². The average molecular weight is 329 g/mol. The molecule has 1 aromatic carbocycles. The van der Waals surface area contributed by atoms with E-state index in [2.05, 4.69) is 22.7 Å². The normalized spacial score (nSPS) is 9.78. The molecule has 1 heterocycles. The first-order valence-corrected chi connectivity index (χ1v) is 7.52. The third-order valence-electron chi connectivity index (χ3n) is 2.87. The summed E-state index contributed by atoms with van der Waals surface area (Å²) in [6, 6.07) is 9.96. The Morgan fingerprint density at radius 3 is 2.39 bits per heavy atom. The van der Waals surface area contributed by atoms with Crippen molar-refractivity contribution in [1.82, 2.24) is 10.9 Å². The minimum absolute atomic E-state index is 0.227. The van der Waals surface area contributed by atoms with Crippen molar-refractivity contribution in [3.05, 3.63) is 64.4 Å². The summed E-state index contributed by atoms with van der Waals surface area (Å²) in [5, 5.41) is 2.54. The standard InChI is InChI=1S/C16H15N3O3S/c1-3-14(20)17-12-7-5-4-6-11(12)15(21)18-19-16(22)13-9-8-10(2)23-13/h3-9H,1H2,2H3,(H,17,20)(H,18,21)(H,19,22). The molecule has 0 radical (unpaired) electrons. The van der Waals surface area contributed by atoms with E-state index in [1.807, 2.05) is 13.0 Å². The zero-order valence-electron chi connectivity index (χ0n) is 12.4. The second-order valence-electron chi connectivity index (χ2n) is 4.56. The lowest BCUT2D eigenvalue weighted by atomic mass is 10.1. The average Bonchev–Trinajstić information content (AvgIpc) is 2.99. The van der Waals surface area contributed by atoms with E-state index in [-0.39, 0.29) is 5.56 Å². The number of hydrogen-bond donors (Lipinski definition) is 3. The second kappa shape index (κ2) is 7.37. The number of hydrazine groups is 1. The van der Waals surface area contributed by atoms with Gasteiger partial charge in [-0.05, 0) is 37.3 Å². The van der Waals surface area contributed by atoms with Gasteiger partial charge in [0.2, 0.25) is 5.91 Å². The number of thiophene rings is 1. The number of para-hydroxylation sites is 1. The first kappa shape index (κ1) is 16.4. The molecule has 0 atom stereocenters. The van der Waals surface area contributed by atoms with E-state index < -0.39 is 17.7 Å². The van der Waals surface area contributed by atoms with Crippen molar-refractivity contribution < 1.29 is 14.4 Å². The second-order valence-corrected chi connectivity index (χ2v) is 5.85. The lowest BCUT2D eigenvalue weighted by Gasteiger charge is -2.10. The topological polar surface area (TPSA) is 87.3 Å². The number of amides is 3. The summed E-state index contributed by atoms with van der Waals surface area (Å²) in [5.74, 6) is -1.36. The van der Waals surface area contributed by atoms with Crippen LogP contribution in [0.1, 0.15) is 24.9 Å². The van der Waals surface area contributed by atoms with E-state index >= 15 is 0 Å². The number of anilines is 1. The Kier molecular flexibility index (Phi) is 5.27. The van der Waals surface area contributed by atoms with Crippen LogP contribution in [0.5, 0.6) is 0 Å². The van der Waals surface area contributed by atoms with Gasteiger partial charge in [-0.3, -0.25) is 25.2 Å². The van der Waals surface area contributed by atoms with Crippen LogP contribution in [-0.4, -0.2) is 17.7 Å². The van der Waals surface area contributed by atoms with Crippen molar-refractivity contribution in [3.8, 4) is 0 Å². The molecule has 0 aliphatic carbocycles. The molecule has 0 saturated carbocycles. The van der Waals surface area contributed by atoms with Gasteiger partial charge in [-0.2, -0.15) is 0 Å². The molecule has 0 bridgehead atoms. The van der Waals surface area contributed by atoms with Gasteiger partial charge in [0.1, 0.15) is 0 Å². The first-order chi connectivity index (χ1) is 11.0. The molecular formula is C16H15N3O3S. The Morgan fingerprint density at radius 1 is 1.04 bits per heavy atom. The largest absolute Gasteiger partial charge is 0.322 e. The van der Waals surface area contributed by atoms with Crippen molar-refractivity contribution >= 4 is 34.7 Å². The third kappa shape index (κ3) is 4.27. The molecule has 7 heteroatoms. The van der Waals surface area contributed by atoms with Gasteiger partial charge >= 0.3 is 0 Å². The van der Waals surface area contributed by atoms with Crippen LogP contribution in [0.2, 0.25) is 0 Å². The Bertz CT molecular complexity index is 767. The van der Waals surface area contributed by atoms with Crippen molar-refractivity contribution in [3.63, 3.8) is 0 Å². The summed E-state index contributed by atoms with van der Waals surface area (Å²) in [4.78, 5) is 37.0. The van der Waals surface area contributed by atoms with Gasteiger partial charge in [0, 0.05) is 4.88 Å². The predicted octanol–water partition coefficient (Wildman–Crippen LogP) is 2.26. The first-order valence-electron chi connectivity index (χ1n) is 6.71. The zero-order valence-corrected chi connectivity index (χ0v) is 13.2. The number of rotatable bonds is 4. The van der Waals surface area contributed by atoms with E-state index in [0.717, 1.165) is 11.0 Å². The maximum absolute atomic E-state index is 12.2. The number of benzene rings is 1. The Labute approximate surface area is 137 Å². The van der Waals surface area contributed by atoms with Crippen molar-refractivity contribution in [1.29, 1.82) is 0 Å². The molecule has 6 nitrogen and oxygen atoms in total. The van der Waals surface area contributed by atoms with Crippen LogP contribution in [0.3, 0.4) is 0 Å². The van der Waals surface area contributed by atoms with Crippen LogP contribution >= 0.6 is 11.3 Å². The lowest BCUT2D eigenvalue weighted by Crippen LogP contribution is -2.41. The minimum atomic E-state index is -0.536. The van der Waals surface area contributed by atoms with E-state index in [4.69, 9.17) is 0 Å². The fourth-order valence-electron chi connectivity index (χ4n) is 1.77. The third-order valence-corrected chi connectivity index (χ3v) is 3.87. The van der Waals surface area contributed by atoms with Gasteiger partial charge in [0.25, 0.3) is 11.8 Å². The van der Waals surface area contributed by atoms with Gasteiger partial charge in [-0.25, -0.2) is 0 Å². The molecule has 0 aliphatic rings. The van der Waals surface area contributed by atoms with Crippen LogP contribution in [0, 0.1) is 6.92 Å². The fraction of sp³-hybridized carbons (Fsp3) is 0.0625. The molecule has 118 valence electrons. The summed E-state index contributed by atoms with van der Waals surface area (Å²) < 4.78 is 0. The molecule has 2 aromatic rings. The summed E-state index contributed by atoms with van der Waals surface area (Å²) >= 11 is 1.33. The Hall–Kier alpha value is -2.93. The molecule has 0 saturated heterocycles. The fourth-order valence-corrected chi connectivity index (χ4v) is 2.54. The molecule has 3 N–H and O–H groups in total. The van der Waals surface area contributed by atoms with Crippen molar-refractivity contribution in [2.45, 2.75) is 6.92 Å². The highest BCUT2D eigenvalue weighted by molar-refractivity contribution is 7.13. The van der Waals surface area contributed by atoms with Gasteiger partial charge in [-0.15, -0.1) is 11.3 Å². The SMILES string of the molecule is C=CC(=O)Nc1ccccc1C(=O)NNC(=O)c1ccc(C)s1. The van der Waals surface area contributed by atoms with Crippen molar-refractivity contribution in [2.24, 2.45) is 0 Å². The minimum Gasteiger partial charge on any atom is -0.322 e. The highest BCUT2D eigenvalue weighted by Crippen LogP contribution is 2.16. The number of aryl methyl sites for hydroxylation is 1. The number of hydrogen-bond acceptors (Lipinski definition) is 4.